The number of carbonyl (C=O) groups excluding carboxylic acids is 1. The summed E-state index contributed by atoms with van der Waals surface area (Å²) in [7, 11) is 3.48. The van der Waals surface area contributed by atoms with E-state index in [1.807, 2.05) is 6.07 Å². The molecule has 0 aliphatic heterocycles. The highest BCUT2D eigenvalue weighted by molar-refractivity contribution is 5.95. The summed E-state index contributed by atoms with van der Waals surface area (Å²) < 4.78 is 0. The fourth-order valence-electron chi connectivity index (χ4n) is 1.67. The Bertz CT molecular complexity index is 447. The third-order valence-electron chi connectivity index (χ3n) is 2.90. The van der Waals surface area contributed by atoms with Gasteiger partial charge in [-0.25, -0.2) is 0 Å². The standard InChI is InChI=1S/C15H25N3O/c1-15(2,3)8-9-17-13-10-11(6-7-12(13)16)14(19)18(4)5/h6-7,10,17H,8-9,16H2,1-5H3. The second kappa shape index (κ2) is 5.95. The first-order valence-electron chi connectivity index (χ1n) is 6.56. The maximum absolute atomic E-state index is 11.9. The van der Waals surface area contributed by atoms with Crippen molar-refractivity contribution in [2.75, 3.05) is 31.7 Å². The molecule has 0 spiro atoms. The minimum absolute atomic E-state index is 0.0149. The number of hydrogen-bond acceptors (Lipinski definition) is 3. The van der Waals surface area contributed by atoms with E-state index in [-0.39, 0.29) is 11.3 Å². The summed E-state index contributed by atoms with van der Waals surface area (Å²) in [6.07, 6.45) is 1.04. The lowest BCUT2D eigenvalue weighted by molar-refractivity contribution is 0.0827. The highest BCUT2D eigenvalue weighted by atomic mass is 16.2. The Morgan fingerprint density at radius 2 is 1.95 bits per heavy atom. The molecule has 4 nitrogen and oxygen atoms in total. The van der Waals surface area contributed by atoms with Crippen molar-refractivity contribution in [2.24, 2.45) is 5.41 Å². The smallest absolute Gasteiger partial charge is 0.253 e. The fourth-order valence-corrected chi connectivity index (χ4v) is 1.67. The van der Waals surface area contributed by atoms with Crippen molar-refractivity contribution in [3.05, 3.63) is 23.8 Å². The lowest BCUT2D eigenvalue weighted by Crippen LogP contribution is -2.22. The molecule has 0 heterocycles. The van der Waals surface area contributed by atoms with Crippen LogP contribution in [0.2, 0.25) is 0 Å². The normalized spacial score (nSPS) is 11.2. The second-order valence-corrected chi connectivity index (χ2v) is 6.24. The fraction of sp³-hybridized carbons (Fsp3) is 0.533. The average molecular weight is 263 g/mol. The SMILES string of the molecule is CN(C)C(=O)c1ccc(N)c(NCCC(C)(C)C)c1. The number of nitrogen functional groups attached to an aromatic ring is 1. The molecule has 1 aromatic rings. The number of benzene rings is 1. The summed E-state index contributed by atoms with van der Waals surface area (Å²) in [6, 6.07) is 5.35. The minimum Gasteiger partial charge on any atom is -0.397 e. The third-order valence-corrected chi connectivity index (χ3v) is 2.90. The summed E-state index contributed by atoms with van der Waals surface area (Å²) in [5.74, 6) is -0.0149. The predicted octanol–water partition coefficient (Wildman–Crippen LogP) is 2.82. The van der Waals surface area contributed by atoms with Crippen LogP contribution in [0.25, 0.3) is 0 Å². The first-order chi connectivity index (χ1) is 8.70. The Kier molecular flexibility index (Phi) is 4.81. The maximum atomic E-state index is 11.9. The Morgan fingerprint density at radius 1 is 1.32 bits per heavy atom. The molecule has 0 atom stereocenters. The molecular formula is C15H25N3O. The van der Waals surface area contributed by atoms with Crippen molar-refractivity contribution in [2.45, 2.75) is 27.2 Å². The Morgan fingerprint density at radius 3 is 2.47 bits per heavy atom. The lowest BCUT2D eigenvalue weighted by Gasteiger charge is -2.19. The molecule has 0 aromatic heterocycles. The van der Waals surface area contributed by atoms with Gasteiger partial charge in [0.25, 0.3) is 5.91 Å². The van der Waals surface area contributed by atoms with Crippen molar-refractivity contribution in [1.82, 2.24) is 4.90 Å². The van der Waals surface area contributed by atoms with Crippen LogP contribution < -0.4 is 11.1 Å². The van der Waals surface area contributed by atoms with Crippen LogP contribution in [-0.4, -0.2) is 31.4 Å². The van der Waals surface area contributed by atoms with Gasteiger partial charge in [-0.3, -0.25) is 4.79 Å². The van der Waals surface area contributed by atoms with E-state index in [9.17, 15) is 4.79 Å². The van der Waals surface area contributed by atoms with Gasteiger partial charge >= 0.3 is 0 Å². The number of carbonyl (C=O) groups is 1. The molecule has 0 unspecified atom stereocenters. The predicted molar refractivity (Wildman–Crippen MR) is 81.4 cm³/mol. The van der Waals surface area contributed by atoms with Gasteiger partial charge in [-0.05, 0) is 30.0 Å². The van der Waals surface area contributed by atoms with Crippen LogP contribution in [0.15, 0.2) is 18.2 Å². The van der Waals surface area contributed by atoms with Gasteiger partial charge in [0.05, 0.1) is 11.4 Å². The summed E-state index contributed by atoms with van der Waals surface area (Å²) in [5, 5.41) is 3.31. The number of hydrogen-bond donors (Lipinski definition) is 2. The van der Waals surface area contributed by atoms with Crippen molar-refractivity contribution in [1.29, 1.82) is 0 Å². The number of nitrogens with two attached hydrogens (primary N) is 1. The molecule has 106 valence electrons. The zero-order valence-electron chi connectivity index (χ0n) is 12.6. The van der Waals surface area contributed by atoms with Crippen LogP contribution in [0.5, 0.6) is 0 Å². The van der Waals surface area contributed by atoms with E-state index < -0.39 is 0 Å². The monoisotopic (exact) mass is 263 g/mol. The topological polar surface area (TPSA) is 58.4 Å². The van der Waals surface area contributed by atoms with Gasteiger partial charge in [-0.15, -0.1) is 0 Å². The quantitative estimate of drug-likeness (QED) is 0.821. The summed E-state index contributed by atoms with van der Waals surface area (Å²) in [6.45, 7) is 7.44. The molecular weight excluding hydrogens is 238 g/mol. The number of rotatable bonds is 4. The molecule has 4 heteroatoms. The van der Waals surface area contributed by atoms with Crippen molar-refractivity contribution in [3.63, 3.8) is 0 Å². The third kappa shape index (κ3) is 4.81. The van der Waals surface area contributed by atoms with E-state index in [1.165, 1.54) is 0 Å². The molecule has 0 aliphatic carbocycles. The van der Waals surface area contributed by atoms with Gasteiger partial charge in [-0.1, -0.05) is 20.8 Å². The van der Waals surface area contributed by atoms with Gasteiger partial charge in [-0.2, -0.15) is 0 Å². The highest BCUT2D eigenvalue weighted by Gasteiger charge is 2.12. The van der Waals surface area contributed by atoms with Gasteiger partial charge in [0.15, 0.2) is 0 Å². The van der Waals surface area contributed by atoms with Gasteiger partial charge in [0.1, 0.15) is 0 Å². The lowest BCUT2D eigenvalue weighted by atomic mass is 9.92. The Labute approximate surface area is 116 Å². The zero-order valence-corrected chi connectivity index (χ0v) is 12.6. The second-order valence-electron chi connectivity index (χ2n) is 6.24. The highest BCUT2D eigenvalue weighted by Crippen LogP contribution is 2.23. The van der Waals surface area contributed by atoms with Crippen LogP contribution in [0, 0.1) is 5.41 Å². The Balaban J connectivity index is 2.78. The van der Waals surface area contributed by atoms with Crippen LogP contribution >= 0.6 is 0 Å². The first-order valence-corrected chi connectivity index (χ1v) is 6.56. The molecule has 0 aliphatic rings. The molecule has 3 N–H and O–H groups in total. The number of amides is 1. The minimum atomic E-state index is -0.0149. The van der Waals surface area contributed by atoms with E-state index >= 15 is 0 Å². The molecule has 0 bridgehead atoms. The van der Waals surface area contributed by atoms with Crippen LogP contribution in [-0.2, 0) is 0 Å². The van der Waals surface area contributed by atoms with Crippen molar-refractivity contribution < 1.29 is 4.79 Å². The van der Waals surface area contributed by atoms with Crippen LogP contribution in [0.4, 0.5) is 11.4 Å². The zero-order chi connectivity index (χ0) is 14.6. The van der Waals surface area contributed by atoms with E-state index in [4.69, 9.17) is 5.73 Å². The summed E-state index contributed by atoms with van der Waals surface area (Å²) >= 11 is 0. The molecule has 1 aromatic carbocycles. The van der Waals surface area contributed by atoms with E-state index in [2.05, 4.69) is 26.1 Å². The summed E-state index contributed by atoms with van der Waals surface area (Å²) in [5.41, 5.74) is 8.36. The molecule has 0 fully saturated rings. The molecule has 0 saturated heterocycles. The van der Waals surface area contributed by atoms with E-state index in [0.29, 0.717) is 11.3 Å². The largest absolute Gasteiger partial charge is 0.397 e. The molecule has 1 rings (SSSR count). The van der Waals surface area contributed by atoms with Crippen LogP contribution in [0.1, 0.15) is 37.6 Å². The average Bonchev–Trinajstić information content (AvgIpc) is 2.29. The van der Waals surface area contributed by atoms with Gasteiger partial charge in [0.2, 0.25) is 0 Å². The first kappa shape index (κ1) is 15.3. The maximum Gasteiger partial charge on any atom is 0.253 e. The number of nitrogens with zero attached hydrogens (tertiary/aromatic N) is 1. The van der Waals surface area contributed by atoms with Crippen molar-refractivity contribution in [3.8, 4) is 0 Å². The summed E-state index contributed by atoms with van der Waals surface area (Å²) in [4.78, 5) is 13.5. The van der Waals surface area contributed by atoms with Crippen LogP contribution in [0.3, 0.4) is 0 Å². The molecule has 19 heavy (non-hydrogen) atoms. The number of nitrogens with one attached hydrogen (secondary N) is 1. The number of anilines is 2. The van der Waals surface area contributed by atoms with Gasteiger partial charge < -0.3 is 16.0 Å². The van der Waals surface area contributed by atoms with E-state index in [1.54, 1.807) is 31.1 Å². The van der Waals surface area contributed by atoms with Gasteiger partial charge in [0, 0.05) is 26.2 Å². The van der Waals surface area contributed by atoms with Crippen molar-refractivity contribution >= 4 is 17.3 Å². The molecule has 0 radical (unpaired) electrons. The molecule has 0 saturated carbocycles. The molecule has 1 amide bonds. The van der Waals surface area contributed by atoms with E-state index in [0.717, 1.165) is 18.7 Å². The Hall–Kier alpha value is -1.71.